The first-order valence-corrected chi connectivity index (χ1v) is 6.14. The summed E-state index contributed by atoms with van der Waals surface area (Å²) in [6, 6.07) is 7.52. The molecule has 1 aromatic carbocycles. The van der Waals surface area contributed by atoms with Gasteiger partial charge in [0.15, 0.2) is 0 Å². The Kier molecular flexibility index (Phi) is 3.66. The molecule has 0 saturated heterocycles. The van der Waals surface area contributed by atoms with E-state index in [4.69, 9.17) is 5.73 Å². The molecule has 0 aliphatic rings. The van der Waals surface area contributed by atoms with Gasteiger partial charge in [0.05, 0.1) is 11.8 Å². The predicted octanol–water partition coefficient (Wildman–Crippen LogP) is 2.00. The molecule has 2 rings (SSSR count). The van der Waals surface area contributed by atoms with Crippen molar-refractivity contribution in [1.29, 1.82) is 0 Å². The molecule has 1 aromatic heterocycles. The molecule has 1 unspecified atom stereocenters. The Hall–Kier alpha value is -2.14. The van der Waals surface area contributed by atoms with Crippen molar-refractivity contribution < 1.29 is 4.79 Å². The Morgan fingerprint density at radius 3 is 2.47 bits per heavy atom. The first-order valence-electron chi connectivity index (χ1n) is 6.14. The fourth-order valence-corrected chi connectivity index (χ4v) is 1.79. The van der Waals surface area contributed by atoms with Gasteiger partial charge in [-0.1, -0.05) is 12.1 Å². The number of hydrogen-bond donors (Lipinski definition) is 2. The van der Waals surface area contributed by atoms with Gasteiger partial charge in [-0.3, -0.25) is 9.48 Å². The number of aryl methyl sites for hydroxylation is 1. The zero-order chi connectivity index (χ0) is 14.0. The van der Waals surface area contributed by atoms with Gasteiger partial charge in [-0.05, 0) is 31.5 Å². The highest BCUT2D eigenvalue weighted by Gasteiger charge is 2.12. The summed E-state index contributed by atoms with van der Waals surface area (Å²) in [5, 5.41) is 6.90. The van der Waals surface area contributed by atoms with Crippen LogP contribution < -0.4 is 11.1 Å². The summed E-state index contributed by atoms with van der Waals surface area (Å²) in [6.07, 6.45) is 1.57. The van der Waals surface area contributed by atoms with E-state index >= 15 is 0 Å². The van der Waals surface area contributed by atoms with E-state index < -0.39 is 0 Å². The summed E-state index contributed by atoms with van der Waals surface area (Å²) < 4.78 is 1.67. The number of carbonyl (C=O) groups is 1. The number of nitrogens with zero attached hydrogens (tertiary/aromatic N) is 2. The van der Waals surface area contributed by atoms with E-state index in [0.717, 1.165) is 16.9 Å². The molecule has 1 amide bonds. The van der Waals surface area contributed by atoms with Crippen molar-refractivity contribution in [3.63, 3.8) is 0 Å². The van der Waals surface area contributed by atoms with Gasteiger partial charge in [-0.15, -0.1) is 0 Å². The van der Waals surface area contributed by atoms with Crippen LogP contribution in [0.5, 0.6) is 0 Å². The van der Waals surface area contributed by atoms with Gasteiger partial charge >= 0.3 is 0 Å². The lowest BCUT2D eigenvalue weighted by molar-refractivity contribution is 0.102. The number of aromatic nitrogens is 2. The Bertz CT molecular complexity index is 584. The third-order valence-electron chi connectivity index (χ3n) is 3.17. The summed E-state index contributed by atoms with van der Waals surface area (Å²) in [6.45, 7) is 3.79. The van der Waals surface area contributed by atoms with Crippen molar-refractivity contribution in [2.24, 2.45) is 12.8 Å². The molecule has 0 spiro atoms. The van der Waals surface area contributed by atoms with Crippen LogP contribution in [0.15, 0.2) is 30.5 Å². The number of nitrogens with two attached hydrogens (primary N) is 1. The average Bonchev–Trinajstić information content (AvgIpc) is 2.70. The normalized spacial score (nSPS) is 12.2. The first-order chi connectivity index (χ1) is 8.99. The van der Waals surface area contributed by atoms with Gasteiger partial charge in [0, 0.05) is 24.5 Å². The molecule has 5 heteroatoms. The van der Waals surface area contributed by atoms with Crippen LogP contribution in [-0.2, 0) is 7.05 Å². The molecule has 19 heavy (non-hydrogen) atoms. The van der Waals surface area contributed by atoms with Gasteiger partial charge in [0.2, 0.25) is 0 Å². The topological polar surface area (TPSA) is 72.9 Å². The number of hydrogen-bond acceptors (Lipinski definition) is 3. The largest absolute Gasteiger partial charge is 0.324 e. The summed E-state index contributed by atoms with van der Waals surface area (Å²) >= 11 is 0. The zero-order valence-electron chi connectivity index (χ0n) is 11.3. The minimum atomic E-state index is -0.154. The van der Waals surface area contributed by atoms with Gasteiger partial charge < -0.3 is 11.1 Å². The molecule has 1 atom stereocenters. The smallest absolute Gasteiger partial charge is 0.259 e. The third kappa shape index (κ3) is 2.82. The molecule has 5 nitrogen and oxygen atoms in total. The van der Waals surface area contributed by atoms with Gasteiger partial charge in [0.25, 0.3) is 5.91 Å². The lowest BCUT2D eigenvalue weighted by Crippen LogP contribution is -2.13. The molecule has 0 saturated carbocycles. The van der Waals surface area contributed by atoms with Crippen LogP contribution in [0, 0.1) is 6.92 Å². The molecule has 100 valence electrons. The number of rotatable bonds is 3. The number of amides is 1. The lowest BCUT2D eigenvalue weighted by atomic mass is 10.1. The van der Waals surface area contributed by atoms with Crippen molar-refractivity contribution in [3.8, 4) is 0 Å². The second-order valence-electron chi connectivity index (χ2n) is 4.63. The van der Waals surface area contributed by atoms with E-state index in [1.165, 1.54) is 0 Å². The highest BCUT2D eigenvalue weighted by Crippen LogP contribution is 2.15. The number of benzene rings is 1. The molecular weight excluding hydrogens is 240 g/mol. The number of nitrogens with one attached hydrogen (secondary N) is 1. The van der Waals surface area contributed by atoms with Crippen LogP contribution >= 0.6 is 0 Å². The van der Waals surface area contributed by atoms with Crippen molar-refractivity contribution >= 4 is 11.6 Å². The minimum Gasteiger partial charge on any atom is -0.324 e. The van der Waals surface area contributed by atoms with Gasteiger partial charge in [-0.2, -0.15) is 5.10 Å². The molecule has 0 aliphatic heterocycles. The van der Waals surface area contributed by atoms with E-state index in [1.807, 2.05) is 45.2 Å². The number of anilines is 1. The zero-order valence-corrected chi connectivity index (χ0v) is 11.3. The van der Waals surface area contributed by atoms with Crippen LogP contribution in [-0.4, -0.2) is 15.7 Å². The van der Waals surface area contributed by atoms with Crippen molar-refractivity contribution in [1.82, 2.24) is 9.78 Å². The van der Waals surface area contributed by atoms with Crippen molar-refractivity contribution in [2.45, 2.75) is 19.9 Å². The quantitative estimate of drug-likeness (QED) is 0.884. The molecule has 1 heterocycles. The molecule has 0 fully saturated rings. The van der Waals surface area contributed by atoms with Crippen LogP contribution in [0.4, 0.5) is 5.69 Å². The van der Waals surface area contributed by atoms with Crippen LogP contribution in [0.25, 0.3) is 0 Å². The van der Waals surface area contributed by atoms with Crippen LogP contribution in [0.3, 0.4) is 0 Å². The standard InChI is InChI=1S/C14H18N4O/c1-9(15)11-4-6-12(7-5-11)17-14(19)13-8-16-18(3)10(13)2/h4-9H,15H2,1-3H3,(H,17,19). The fraction of sp³-hybridized carbons (Fsp3) is 0.286. The monoisotopic (exact) mass is 258 g/mol. The van der Waals surface area contributed by atoms with E-state index in [9.17, 15) is 4.79 Å². The second kappa shape index (κ2) is 5.24. The maximum atomic E-state index is 12.1. The van der Waals surface area contributed by atoms with Crippen LogP contribution in [0.1, 0.15) is 34.6 Å². The third-order valence-corrected chi connectivity index (χ3v) is 3.17. The van der Waals surface area contributed by atoms with Crippen molar-refractivity contribution in [3.05, 3.63) is 47.3 Å². The van der Waals surface area contributed by atoms with E-state index in [-0.39, 0.29) is 11.9 Å². The lowest BCUT2D eigenvalue weighted by Gasteiger charge is -2.08. The summed E-state index contributed by atoms with van der Waals surface area (Å²) in [5.41, 5.74) is 8.99. The van der Waals surface area contributed by atoms with Crippen LogP contribution in [0.2, 0.25) is 0 Å². The average molecular weight is 258 g/mol. The Labute approximate surface area is 112 Å². The molecule has 2 aromatic rings. The SMILES string of the molecule is Cc1c(C(=O)Nc2ccc(C(C)N)cc2)cnn1C. The molecule has 0 aliphatic carbocycles. The Morgan fingerprint density at radius 1 is 1.37 bits per heavy atom. The summed E-state index contributed by atoms with van der Waals surface area (Å²) in [7, 11) is 1.81. The molecule has 3 N–H and O–H groups in total. The van der Waals surface area contributed by atoms with E-state index in [2.05, 4.69) is 10.4 Å². The molecular formula is C14H18N4O. The van der Waals surface area contributed by atoms with E-state index in [1.54, 1.807) is 10.9 Å². The van der Waals surface area contributed by atoms with E-state index in [0.29, 0.717) is 5.56 Å². The summed E-state index contributed by atoms with van der Waals surface area (Å²) in [5.74, 6) is -0.154. The highest BCUT2D eigenvalue weighted by atomic mass is 16.1. The maximum absolute atomic E-state index is 12.1. The maximum Gasteiger partial charge on any atom is 0.259 e. The van der Waals surface area contributed by atoms with Crippen molar-refractivity contribution in [2.75, 3.05) is 5.32 Å². The summed E-state index contributed by atoms with van der Waals surface area (Å²) in [4.78, 5) is 12.1. The van der Waals surface area contributed by atoms with Gasteiger partial charge in [0.1, 0.15) is 0 Å². The first kappa shape index (κ1) is 13.3. The number of carbonyl (C=O) groups excluding carboxylic acids is 1. The minimum absolute atomic E-state index is 0.00896. The molecule has 0 bridgehead atoms. The fourth-order valence-electron chi connectivity index (χ4n) is 1.79. The van der Waals surface area contributed by atoms with Gasteiger partial charge in [-0.25, -0.2) is 0 Å². The second-order valence-corrected chi connectivity index (χ2v) is 4.63. The predicted molar refractivity (Wildman–Crippen MR) is 74.9 cm³/mol. The highest BCUT2D eigenvalue weighted by molar-refractivity contribution is 6.04. The Morgan fingerprint density at radius 2 is 2.00 bits per heavy atom. The Balaban J connectivity index is 2.13. The molecule has 0 radical (unpaired) electrons.